The van der Waals surface area contributed by atoms with Gasteiger partial charge in [-0.1, -0.05) is 65.7 Å². The van der Waals surface area contributed by atoms with Crippen LogP contribution in [-0.2, 0) is 16.0 Å². The fourth-order valence-electron chi connectivity index (χ4n) is 3.99. The number of amides is 3. The average Bonchev–Trinajstić information content (AvgIpc) is 2.82. The average molecular weight is 484 g/mol. The number of hydrogen-bond donors (Lipinski definition) is 1. The predicted molar refractivity (Wildman–Crippen MR) is 130 cm³/mol. The molecule has 170 valence electrons. The third kappa shape index (κ3) is 5.64. The Hall–Kier alpha value is -3.09. The monoisotopic (exact) mass is 483 g/mol. The smallest absolute Gasteiger partial charge is 0.254 e. The van der Waals surface area contributed by atoms with Crippen LogP contribution < -0.4 is 5.32 Å². The molecule has 0 unspecified atom stereocenters. The zero-order valence-corrected chi connectivity index (χ0v) is 19.4. The zero-order chi connectivity index (χ0) is 23.4. The van der Waals surface area contributed by atoms with Crippen LogP contribution in [-0.4, -0.2) is 60.2 Å². The van der Waals surface area contributed by atoms with E-state index in [-0.39, 0.29) is 30.7 Å². The molecular weight excluding hydrogens is 461 g/mol. The quantitative estimate of drug-likeness (QED) is 0.599. The Balaban J connectivity index is 1.27. The summed E-state index contributed by atoms with van der Waals surface area (Å²) in [5, 5.41) is 5.63. The molecule has 4 rings (SSSR count). The van der Waals surface area contributed by atoms with Crippen LogP contribution in [0, 0.1) is 0 Å². The number of carbonyl (C=O) groups is 3. The Morgan fingerprint density at radius 2 is 1.45 bits per heavy atom. The van der Waals surface area contributed by atoms with E-state index < -0.39 is 0 Å². The van der Waals surface area contributed by atoms with Crippen molar-refractivity contribution in [1.82, 2.24) is 15.1 Å². The number of fused-ring (bicyclic) bond motifs is 1. The molecule has 1 aliphatic heterocycles. The van der Waals surface area contributed by atoms with Gasteiger partial charge in [0.1, 0.15) is 0 Å². The predicted octanol–water partition coefficient (Wildman–Crippen LogP) is 3.79. The Morgan fingerprint density at radius 3 is 2.18 bits per heavy atom. The van der Waals surface area contributed by atoms with Crippen molar-refractivity contribution in [2.24, 2.45) is 0 Å². The Bertz CT molecular complexity index is 1180. The normalized spacial score (nSPS) is 13.8. The number of halogens is 2. The molecule has 0 atom stereocenters. The van der Waals surface area contributed by atoms with Crippen LogP contribution in [0.2, 0.25) is 10.0 Å². The minimum absolute atomic E-state index is 0.0680. The molecule has 1 fully saturated rings. The molecule has 3 aromatic carbocycles. The number of piperazine rings is 1. The standard InChI is InChI=1S/C25H23Cl2N3O3/c26-20-12-19(13-21(27)15-20)25(33)30-10-8-29(9-11-30)24(32)16-28-23(31)14-18-6-3-5-17-4-1-2-7-22(17)18/h1-7,12-13,15H,8-11,14,16H2,(H,28,31). The molecule has 1 aliphatic rings. The molecule has 0 aliphatic carbocycles. The molecular formula is C25H23Cl2N3O3. The summed E-state index contributed by atoms with van der Waals surface area (Å²) in [5.74, 6) is -0.541. The number of nitrogens with zero attached hydrogens (tertiary/aromatic N) is 2. The summed E-state index contributed by atoms with van der Waals surface area (Å²) in [5.41, 5.74) is 1.35. The van der Waals surface area contributed by atoms with E-state index in [2.05, 4.69) is 5.32 Å². The van der Waals surface area contributed by atoms with E-state index >= 15 is 0 Å². The summed E-state index contributed by atoms with van der Waals surface area (Å²) in [7, 11) is 0. The highest BCUT2D eigenvalue weighted by molar-refractivity contribution is 6.35. The Labute approximate surface area is 202 Å². The first-order valence-electron chi connectivity index (χ1n) is 10.7. The summed E-state index contributed by atoms with van der Waals surface area (Å²) < 4.78 is 0. The van der Waals surface area contributed by atoms with Gasteiger partial charge in [-0.25, -0.2) is 0 Å². The zero-order valence-electron chi connectivity index (χ0n) is 17.9. The summed E-state index contributed by atoms with van der Waals surface area (Å²) in [6.45, 7) is 1.54. The second-order valence-corrected chi connectivity index (χ2v) is 8.80. The van der Waals surface area contributed by atoms with Crippen molar-refractivity contribution in [3.8, 4) is 0 Å². The highest BCUT2D eigenvalue weighted by Crippen LogP contribution is 2.21. The molecule has 1 heterocycles. The number of hydrogen-bond acceptors (Lipinski definition) is 3. The number of rotatable bonds is 5. The molecule has 3 aromatic rings. The molecule has 6 nitrogen and oxygen atoms in total. The van der Waals surface area contributed by atoms with Crippen LogP contribution in [0.4, 0.5) is 0 Å². The lowest BCUT2D eigenvalue weighted by Gasteiger charge is -2.35. The molecule has 1 N–H and O–H groups in total. The first-order valence-corrected chi connectivity index (χ1v) is 11.4. The van der Waals surface area contributed by atoms with Gasteiger partial charge in [-0.2, -0.15) is 0 Å². The maximum absolute atomic E-state index is 12.7. The summed E-state index contributed by atoms with van der Waals surface area (Å²) >= 11 is 12.0. The Morgan fingerprint density at radius 1 is 0.818 bits per heavy atom. The van der Waals surface area contributed by atoms with Crippen molar-refractivity contribution >= 4 is 51.7 Å². The maximum Gasteiger partial charge on any atom is 0.254 e. The number of carbonyl (C=O) groups excluding carboxylic acids is 3. The second-order valence-electron chi connectivity index (χ2n) is 7.92. The highest BCUT2D eigenvalue weighted by atomic mass is 35.5. The van der Waals surface area contributed by atoms with Crippen LogP contribution >= 0.6 is 23.2 Å². The minimum Gasteiger partial charge on any atom is -0.347 e. The van der Waals surface area contributed by atoms with Gasteiger partial charge in [-0.3, -0.25) is 14.4 Å². The minimum atomic E-state index is -0.202. The van der Waals surface area contributed by atoms with Crippen molar-refractivity contribution in [2.45, 2.75) is 6.42 Å². The Kier molecular flexibility index (Phi) is 7.16. The first kappa shape index (κ1) is 23.1. The number of benzene rings is 3. The van der Waals surface area contributed by atoms with Gasteiger partial charge in [0.15, 0.2) is 0 Å². The van der Waals surface area contributed by atoms with Crippen molar-refractivity contribution in [3.63, 3.8) is 0 Å². The summed E-state index contributed by atoms with van der Waals surface area (Å²) in [6.07, 6.45) is 0.207. The molecule has 3 amide bonds. The van der Waals surface area contributed by atoms with Gasteiger partial charge in [0, 0.05) is 41.8 Å². The molecule has 33 heavy (non-hydrogen) atoms. The van der Waals surface area contributed by atoms with Gasteiger partial charge in [0.25, 0.3) is 5.91 Å². The molecule has 0 spiro atoms. The highest BCUT2D eigenvalue weighted by Gasteiger charge is 2.25. The topological polar surface area (TPSA) is 69.7 Å². The lowest BCUT2D eigenvalue weighted by atomic mass is 10.0. The van der Waals surface area contributed by atoms with Crippen LogP contribution in [0.25, 0.3) is 10.8 Å². The van der Waals surface area contributed by atoms with Crippen molar-refractivity contribution < 1.29 is 14.4 Å². The van der Waals surface area contributed by atoms with E-state index in [0.717, 1.165) is 16.3 Å². The fraction of sp³-hybridized carbons (Fsp3) is 0.240. The SMILES string of the molecule is O=C(Cc1cccc2ccccc12)NCC(=O)N1CCN(C(=O)c2cc(Cl)cc(Cl)c2)CC1. The molecule has 0 aromatic heterocycles. The van der Waals surface area contributed by atoms with Gasteiger partial charge >= 0.3 is 0 Å². The molecule has 0 radical (unpaired) electrons. The van der Waals surface area contributed by atoms with Gasteiger partial charge < -0.3 is 15.1 Å². The van der Waals surface area contributed by atoms with Gasteiger partial charge in [0.2, 0.25) is 11.8 Å². The summed E-state index contributed by atoms with van der Waals surface area (Å²) in [6, 6.07) is 18.5. The third-order valence-electron chi connectivity index (χ3n) is 5.70. The van der Waals surface area contributed by atoms with E-state index in [0.29, 0.717) is 41.8 Å². The van der Waals surface area contributed by atoms with Crippen molar-refractivity contribution in [1.29, 1.82) is 0 Å². The molecule has 1 saturated heterocycles. The van der Waals surface area contributed by atoms with Crippen LogP contribution in [0.3, 0.4) is 0 Å². The maximum atomic E-state index is 12.7. The van der Waals surface area contributed by atoms with Gasteiger partial charge in [-0.05, 0) is 34.5 Å². The van der Waals surface area contributed by atoms with Gasteiger partial charge in [0.05, 0.1) is 13.0 Å². The largest absolute Gasteiger partial charge is 0.347 e. The van der Waals surface area contributed by atoms with E-state index in [1.165, 1.54) is 0 Å². The first-order chi connectivity index (χ1) is 15.9. The van der Waals surface area contributed by atoms with Crippen molar-refractivity contribution in [2.75, 3.05) is 32.7 Å². The third-order valence-corrected chi connectivity index (χ3v) is 6.13. The van der Waals surface area contributed by atoms with Crippen LogP contribution in [0.5, 0.6) is 0 Å². The molecule has 0 bridgehead atoms. The second kappa shape index (κ2) is 10.2. The van der Waals surface area contributed by atoms with Crippen LogP contribution in [0.15, 0.2) is 60.7 Å². The lowest BCUT2D eigenvalue weighted by Crippen LogP contribution is -2.52. The van der Waals surface area contributed by atoms with E-state index in [9.17, 15) is 14.4 Å². The van der Waals surface area contributed by atoms with E-state index in [1.807, 2.05) is 42.5 Å². The van der Waals surface area contributed by atoms with Gasteiger partial charge in [-0.15, -0.1) is 0 Å². The summed E-state index contributed by atoms with van der Waals surface area (Å²) in [4.78, 5) is 41.1. The lowest BCUT2D eigenvalue weighted by molar-refractivity contribution is -0.133. The molecule has 0 saturated carbocycles. The van der Waals surface area contributed by atoms with E-state index in [4.69, 9.17) is 23.2 Å². The van der Waals surface area contributed by atoms with Crippen LogP contribution in [0.1, 0.15) is 15.9 Å². The fourth-order valence-corrected chi connectivity index (χ4v) is 4.51. The molecule has 8 heteroatoms. The number of nitrogens with one attached hydrogen (secondary N) is 1. The van der Waals surface area contributed by atoms with E-state index in [1.54, 1.807) is 28.0 Å². The van der Waals surface area contributed by atoms with Crippen molar-refractivity contribution in [3.05, 3.63) is 81.8 Å².